The first-order valence-electron chi connectivity index (χ1n) is 30.1. The van der Waals surface area contributed by atoms with Crippen molar-refractivity contribution in [2.75, 3.05) is 13.2 Å². The average molecular weight is 990 g/mol. The molecule has 1 atom stereocenters. The summed E-state index contributed by atoms with van der Waals surface area (Å²) < 4.78 is 16.9. The van der Waals surface area contributed by atoms with Crippen molar-refractivity contribution < 1.29 is 28.6 Å². The van der Waals surface area contributed by atoms with Crippen molar-refractivity contribution in [1.29, 1.82) is 0 Å². The van der Waals surface area contributed by atoms with E-state index in [0.29, 0.717) is 19.3 Å². The van der Waals surface area contributed by atoms with Crippen molar-refractivity contribution in [1.82, 2.24) is 0 Å². The number of carbonyl (C=O) groups excluding carboxylic acids is 3. The van der Waals surface area contributed by atoms with Crippen LogP contribution in [-0.4, -0.2) is 37.2 Å². The fourth-order valence-corrected chi connectivity index (χ4v) is 8.38. The van der Waals surface area contributed by atoms with Crippen LogP contribution in [0.5, 0.6) is 0 Å². The Labute approximate surface area is 439 Å². The van der Waals surface area contributed by atoms with Crippen LogP contribution >= 0.6 is 0 Å². The number of hydrogen-bond acceptors (Lipinski definition) is 6. The Morgan fingerprint density at radius 1 is 0.296 bits per heavy atom. The smallest absolute Gasteiger partial charge is 0.306 e. The zero-order valence-electron chi connectivity index (χ0n) is 46.7. The third kappa shape index (κ3) is 57.4. The van der Waals surface area contributed by atoms with Gasteiger partial charge < -0.3 is 14.2 Å². The molecule has 6 heteroatoms. The first-order chi connectivity index (χ1) is 35.0. The minimum absolute atomic E-state index is 0.0792. The minimum Gasteiger partial charge on any atom is -0.462 e. The fraction of sp³-hybridized carbons (Fsp3) is 0.738. The second-order valence-electron chi connectivity index (χ2n) is 19.9. The van der Waals surface area contributed by atoms with Crippen LogP contribution in [0.3, 0.4) is 0 Å². The van der Waals surface area contributed by atoms with Crippen LogP contribution in [0, 0.1) is 0 Å². The number of hydrogen-bond donors (Lipinski definition) is 0. The SMILES string of the molecule is CC/C=C\C/C=C\C/C=C\C/C=C\C/C=C\CCCCCCCCCCCC(=O)OCC(COC(=O)CCCCCCCCCCCCC)OC(=O)CCCCCCCCC/C=C\C/C=C\CCCCC. The molecule has 0 heterocycles. The van der Waals surface area contributed by atoms with Gasteiger partial charge in [-0.1, -0.05) is 260 Å². The van der Waals surface area contributed by atoms with E-state index in [-0.39, 0.29) is 31.1 Å². The zero-order valence-corrected chi connectivity index (χ0v) is 46.7. The Balaban J connectivity index is 4.30. The number of allylic oxidation sites excluding steroid dienone is 14. The Hall–Kier alpha value is -3.41. The lowest BCUT2D eigenvalue weighted by Crippen LogP contribution is -2.30. The molecule has 0 rings (SSSR count). The van der Waals surface area contributed by atoms with Gasteiger partial charge in [-0.25, -0.2) is 0 Å². The van der Waals surface area contributed by atoms with Crippen molar-refractivity contribution in [2.45, 2.75) is 297 Å². The molecular formula is C65H112O6. The zero-order chi connectivity index (χ0) is 51.4. The van der Waals surface area contributed by atoms with E-state index >= 15 is 0 Å². The van der Waals surface area contributed by atoms with Gasteiger partial charge in [0.1, 0.15) is 13.2 Å². The molecule has 0 saturated carbocycles. The molecule has 0 spiro atoms. The molecule has 0 amide bonds. The molecule has 0 radical (unpaired) electrons. The summed E-state index contributed by atoms with van der Waals surface area (Å²) in [5.74, 6) is -0.886. The highest BCUT2D eigenvalue weighted by Gasteiger charge is 2.19. The summed E-state index contributed by atoms with van der Waals surface area (Å²) in [6.07, 6.45) is 77.2. The number of esters is 3. The highest BCUT2D eigenvalue weighted by molar-refractivity contribution is 5.71. The second kappa shape index (κ2) is 59.2. The molecule has 0 fully saturated rings. The van der Waals surface area contributed by atoms with Gasteiger partial charge in [0.15, 0.2) is 6.10 Å². The molecule has 0 saturated heterocycles. The summed E-state index contributed by atoms with van der Waals surface area (Å²) >= 11 is 0. The normalized spacial score (nSPS) is 12.7. The molecule has 0 aromatic heterocycles. The minimum atomic E-state index is -0.782. The van der Waals surface area contributed by atoms with Gasteiger partial charge in [0.2, 0.25) is 0 Å². The Morgan fingerprint density at radius 3 is 0.887 bits per heavy atom. The molecule has 408 valence electrons. The molecular weight excluding hydrogens is 877 g/mol. The topological polar surface area (TPSA) is 78.9 Å². The van der Waals surface area contributed by atoms with Gasteiger partial charge in [0.05, 0.1) is 0 Å². The van der Waals surface area contributed by atoms with Crippen LogP contribution in [0.25, 0.3) is 0 Å². The number of rotatable bonds is 54. The predicted octanol–water partition coefficient (Wildman–Crippen LogP) is 20.3. The average Bonchev–Trinajstić information content (AvgIpc) is 3.37. The molecule has 0 aromatic rings. The fourth-order valence-electron chi connectivity index (χ4n) is 8.38. The Kier molecular flexibility index (Phi) is 56.3. The van der Waals surface area contributed by atoms with Crippen LogP contribution in [0.15, 0.2) is 85.1 Å². The van der Waals surface area contributed by atoms with Gasteiger partial charge in [-0.15, -0.1) is 0 Å². The summed E-state index contributed by atoms with van der Waals surface area (Å²) in [5.41, 5.74) is 0. The highest BCUT2D eigenvalue weighted by Crippen LogP contribution is 2.16. The van der Waals surface area contributed by atoms with Crippen molar-refractivity contribution in [2.24, 2.45) is 0 Å². The maximum absolute atomic E-state index is 12.9. The van der Waals surface area contributed by atoms with Gasteiger partial charge >= 0.3 is 17.9 Å². The van der Waals surface area contributed by atoms with E-state index in [1.807, 2.05) is 0 Å². The quantitative estimate of drug-likeness (QED) is 0.0261. The maximum Gasteiger partial charge on any atom is 0.306 e. The van der Waals surface area contributed by atoms with Crippen molar-refractivity contribution in [3.8, 4) is 0 Å². The first kappa shape index (κ1) is 67.6. The largest absolute Gasteiger partial charge is 0.462 e. The Morgan fingerprint density at radius 2 is 0.549 bits per heavy atom. The summed E-state index contributed by atoms with van der Waals surface area (Å²) in [6, 6.07) is 0. The summed E-state index contributed by atoms with van der Waals surface area (Å²) in [7, 11) is 0. The predicted molar refractivity (Wildman–Crippen MR) is 307 cm³/mol. The summed E-state index contributed by atoms with van der Waals surface area (Å²) in [4.78, 5) is 38.2. The molecule has 71 heavy (non-hydrogen) atoms. The Bertz CT molecular complexity index is 1370. The summed E-state index contributed by atoms with van der Waals surface area (Å²) in [6.45, 7) is 6.50. The van der Waals surface area contributed by atoms with E-state index in [1.165, 1.54) is 141 Å². The molecule has 0 N–H and O–H groups in total. The van der Waals surface area contributed by atoms with E-state index in [1.54, 1.807) is 0 Å². The first-order valence-corrected chi connectivity index (χ1v) is 30.1. The van der Waals surface area contributed by atoms with Gasteiger partial charge in [0.25, 0.3) is 0 Å². The number of carbonyl (C=O) groups is 3. The molecule has 0 aliphatic heterocycles. The monoisotopic (exact) mass is 989 g/mol. The van der Waals surface area contributed by atoms with E-state index < -0.39 is 6.10 Å². The lowest BCUT2D eigenvalue weighted by atomic mass is 10.1. The van der Waals surface area contributed by atoms with Crippen LogP contribution < -0.4 is 0 Å². The van der Waals surface area contributed by atoms with Crippen molar-refractivity contribution >= 4 is 17.9 Å². The standard InChI is InChI=1S/C65H112O6/c1-4-7-10-13-16-19-22-24-26-28-29-30-31-32-33-34-35-37-38-40-43-46-49-52-55-58-64(67)70-61-62(60-69-63(66)57-54-51-48-45-42-21-18-15-12-9-6-3)71-65(68)59-56-53-50-47-44-41-39-36-27-25-23-20-17-14-11-8-5-2/h7,10,16-17,19-20,24-27,29-30,32-33,62H,4-6,8-9,11-15,18,21-23,28,31,34-61H2,1-3H3/b10-7-,19-16-,20-17-,26-24-,27-25-,30-29-,33-32-. The lowest BCUT2D eigenvalue weighted by molar-refractivity contribution is -0.167. The number of ether oxygens (including phenoxy) is 3. The third-order valence-electron chi connectivity index (χ3n) is 12.9. The third-order valence-corrected chi connectivity index (χ3v) is 12.9. The van der Waals surface area contributed by atoms with E-state index in [0.717, 1.165) is 109 Å². The number of unbranched alkanes of at least 4 members (excludes halogenated alkanes) is 29. The van der Waals surface area contributed by atoms with Crippen molar-refractivity contribution in [3.05, 3.63) is 85.1 Å². The molecule has 0 bridgehead atoms. The summed E-state index contributed by atoms with van der Waals surface area (Å²) in [5, 5.41) is 0. The van der Waals surface area contributed by atoms with E-state index in [9.17, 15) is 14.4 Å². The highest BCUT2D eigenvalue weighted by atomic mass is 16.6. The molecule has 0 aromatic carbocycles. The van der Waals surface area contributed by atoms with Gasteiger partial charge in [-0.2, -0.15) is 0 Å². The second-order valence-corrected chi connectivity index (χ2v) is 19.9. The van der Waals surface area contributed by atoms with E-state index in [2.05, 4.69) is 106 Å². The maximum atomic E-state index is 12.9. The molecule has 0 aliphatic rings. The van der Waals surface area contributed by atoms with Crippen molar-refractivity contribution in [3.63, 3.8) is 0 Å². The van der Waals surface area contributed by atoms with Crippen LogP contribution in [-0.2, 0) is 28.6 Å². The van der Waals surface area contributed by atoms with E-state index in [4.69, 9.17) is 14.2 Å². The molecule has 0 aliphatic carbocycles. The van der Waals surface area contributed by atoms with Crippen LogP contribution in [0.1, 0.15) is 290 Å². The van der Waals surface area contributed by atoms with Crippen LogP contribution in [0.4, 0.5) is 0 Å². The van der Waals surface area contributed by atoms with Gasteiger partial charge in [-0.3, -0.25) is 14.4 Å². The van der Waals surface area contributed by atoms with Gasteiger partial charge in [0, 0.05) is 19.3 Å². The van der Waals surface area contributed by atoms with Crippen LogP contribution in [0.2, 0.25) is 0 Å². The lowest BCUT2D eigenvalue weighted by Gasteiger charge is -2.18. The van der Waals surface area contributed by atoms with Gasteiger partial charge in [-0.05, 0) is 96.3 Å². The molecule has 1 unspecified atom stereocenters. The molecule has 6 nitrogen and oxygen atoms in total.